The van der Waals surface area contributed by atoms with Crippen LogP contribution >= 0.6 is 0 Å². The molecule has 0 fully saturated rings. The summed E-state index contributed by atoms with van der Waals surface area (Å²) in [5.41, 5.74) is 1.58. The quantitative estimate of drug-likeness (QED) is 0.656. The summed E-state index contributed by atoms with van der Waals surface area (Å²) in [5.74, 6) is 1.89. The highest BCUT2D eigenvalue weighted by atomic mass is 32.2. The molecule has 3 aromatic rings. The van der Waals surface area contributed by atoms with Gasteiger partial charge in [0, 0.05) is 11.8 Å². The molecule has 1 aromatic heterocycles. The summed E-state index contributed by atoms with van der Waals surface area (Å²) in [5, 5.41) is 3.18. The number of benzene rings is 2. The minimum absolute atomic E-state index is 0.0685. The SMILES string of the molecule is COc1ccc(Nc2ccc(NS(=O)(=O)c3ccc4c(c3)OCO4)nc2)cc1. The normalized spacial score (nSPS) is 12.5. The van der Waals surface area contributed by atoms with E-state index in [2.05, 4.69) is 15.0 Å². The fourth-order valence-corrected chi connectivity index (χ4v) is 3.63. The standard InChI is InChI=1S/C19H17N3O5S/c1-25-15-5-2-13(3-6-15)21-14-4-9-19(20-11-14)22-28(23,24)16-7-8-17-18(10-16)27-12-26-17/h2-11,21H,12H2,1H3,(H,20,22). The third-order valence-corrected chi connectivity index (χ3v) is 5.39. The van der Waals surface area contributed by atoms with Crippen LogP contribution in [0.1, 0.15) is 0 Å². The van der Waals surface area contributed by atoms with E-state index in [9.17, 15) is 8.42 Å². The van der Waals surface area contributed by atoms with E-state index in [0.717, 1.165) is 17.1 Å². The topological polar surface area (TPSA) is 98.8 Å². The van der Waals surface area contributed by atoms with Gasteiger partial charge in [-0.15, -0.1) is 0 Å². The molecule has 2 N–H and O–H groups in total. The molecule has 4 rings (SSSR count). The van der Waals surface area contributed by atoms with Crippen molar-refractivity contribution in [1.29, 1.82) is 0 Å². The molecular weight excluding hydrogens is 382 g/mol. The summed E-state index contributed by atoms with van der Waals surface area (Å²) in [7, 11) is -2.19. The molecular formula is C19H17N3O5S. The molecule has 0 spiro atoms. The van der Waals surface area contributed by atoms with E-state index in [4.69, 9.17) is 14.2 Å². The first-order chi connectivity index (χ1) is 13.5. The first-order valence-electron chi connectivity index (χ1n) is 8.33. The van der Waals surface area contributed by atoms with Crippen LogP contribution in [0.3, 0.4) is 0 Å². The van der Waals surface area contributed by atoms with Crippen molar-refractivity contribution in [2.24, 2.45) is 0 Å². The summed E-state index contributed by atoms with van der Waals surface area (Å²) >= 11 is 0. The Morgan fingerprint density at radius 3 is 2.43 bits per heavy atom. The third kappa shape index (κ3) is 3.79. The fraction of sp³-hybridized carbons (Fsp3) is 0.105. The van der Waals surface area contributed by atoms with Gasteiger partial charge in [-0.1, -0.05) is 0 Å². The van der Waals surface area contributed by atoms with Crippen LogP contribution in [0.4, 0.5) is 17.2 Å². The number of methoxy groups -OCH3 is 1. The number of ether oxygens (including phenoxy) is 3. The smallest absolute Gasteiger partial charge is 0.263 e. The predicted octanol–water partition coefficient (Wildman–Crippen LogP) is 3.36. The summed E-state index contributed by atoms with van der Waals surface area (Å²) in [6.07, 6.45) is 1.54. The van der Waals surface area contributed by atoms with E-state index < -0.39 is 10.0 Å². The van der Waals surface area contributed by atoms with Crippen LogP contribution in [0.25, 0.3) is 0 Å². The molecule has 144 valence electrons. The van der Waals surface area contributed by atoms with Crippen LogP contribution in [0, 0.1) is 0 Å². The molecule has 0 saturated carbocycles. The molecule has 1 aliphatic heterocycles. The highest BCUT2D eigenvalue weighted by Gasteiger charge is 2.20. The second kappa shape index (κ2) is 7.28. The van der Waals surface area contributed by atoms with Crippen molar-refractivity contribution in [3.05, 3.63) is 60.8 Å². The zero-order valence-corrected chi connectivity index (χ0v) is 15.7. The molecule has 0 aliphatic carbocycles. The van der Waals surface area contributed by atoms with E-state index in [-0.39, 0.29) is 17.5 Å². The van der Waals surface area contributed by atoms with Crippen molar-refractivity contribution < 1.29 is 22.6 Å². The molecule has 0 bridgehead atoms. The van der Waals surface area contributed by atoms with Gasteiger partial charge in [0.2, 0.25) is 6.79 Å². The molecule has 0 saturated heterocycles. The minimum atomic E-state index is -3.80. The Balaban J connectivity index is 1.46. The summed E-state index contributed by atoms with van der Waals surface area (Å²) < 4.78 is 43.1. The van der Waals surface area contributed by atoms with Crippen molar-refractivity contribution in [2.45, 2.75) is 4.90 Å². The first-order valence-corrected chi connectivity index (χ1v) is 9.81. The fourth-order valence-electron chi connectivity index (χ4n) is 2.61. The maximum atomic E-state index is 12.6. The van der Waals surface area contributed by atoms with Crippen molar-refractivity contribution in [2.75, 3.05) is 23.9 Å². The molecule has 2 heterocycles. The lowest BCUT2D eigenvalue weighted by Gasteiger charge is -2.10. The van der Waals surface area contributed by atoms with Gasteiger partial charge in [0.25, 0.3) is 10.0 Å². The molecule has 2 aromatic carbocycles. The van der Waals surface area contributed by atoms with Gasteiger partial charge in [0.05, 0.1) is 23.9 Å². The number of anilines is 3. The lowest BCUT2D eigenvalue weighted by atomic mass is 10.3. The second-order valence-electron chi connectivity index (χ2n) is 5.91. The van der Waals surface area contributed by atoms with Crippen LogP contribution in [0.5, 0.6) is 17.2 Å². The number of fused-ring (bicyclic) bond motifs is 1. The average molecular weight is 399 g/mol. The van der Waals surface area contributed by atoms with Crippen molar-refractivity contribution in [3.63, 3.8) is 0 Å². The van der Waals surface area contributed by atoms with E-state index in [0.29, 0.717) is 11.5 Å². The van der Waals surface area contributed by atoms with E-state index in [1.165, 1.54) is 12.1 Å². The number of nitrogens with zero attached hydrogens (tertiary/aromatic N) is 1. The van der Waals surface area contributed by atoms with Gasteiger partial charge in [-0.05, 0) is 48.5 Å². The highest BCUT2D eigenvalue weighted by Crippen LogP contribution is 2.34. The van der Waals surface area contributed by atoms with Crippen molar-refractivity contribution in [1.82, 2.24) is 4.98 Å². The number of rotatable bonds is 6. The third-order valence-electron chi connectivity index (χ3n) is 4.04. The number of nitrogens with one attached hydrogen (secondary N) is 2. The molecule has 1 aliphatic rings. The number of hydrogen-bond acceptors (Lipinski definition) is 7. The number of hydrogen-bond donors (Lipinski definition) is 2. The Morgan fingerprint density at radius 2 is 1.71 bits per heavy atom. The Morgan fingerprint density at radius 1 is 0.964 bits per heavy atom. The number of sulfonamides is 1. The second-order valence-corrected chi connectivity index (χ2v) is 7.59. The van der Waals surface area contributed by atoms with Gasteiger partial charge in [-0.25, -0.2) is 13.4 Å². The zero-order valence-electron chi connectivity index (χ0n) is 14.9. The van der Waals surface area contributed by atoms with Crippen LogP contribution in [0.2, 0.25) is 0 Å². The van der Waals surface area contributed by atoms with E-state index >= 15 is 0 Å². The molecule has 0 radical (unpaired) electrons. The van der Waals surface area contributed by atoms with Crippen LogP contribution in [-0.4, -0.2) is 27.3 Å². The molecule has 9 heteroatoms. The average Bonchev–Trinajstić information content (AvgIpc) is 3.18. The summed E-state index contributed by atoms with van der Waals surface area (Å²) in [4.78, 5) is 4.23. The monoisotopic (exact) mass is 399 g/mol. The number of aromatic nitrogens is 1. The van der Waals surface area contributed by atoms with Crippen LogP contribution in [-0.2, 0) is 10.0 Å². The maximum Gasteiger partial charge on any atom is 0.263 e. The minimum Gasteiger partial charge on any atom is -0.497 e. The van der Waals surface area contributed by atoms with Gasteiger partial charge in [0.1, 0.15) is 11.6 Å². The van der Waals surface area contributed by atoms with E-state index in [1.807, 2.05) is 24.3 Å². The lowest BCUT2D eigenvalue weighted by molar-refractivity contribution is 0.174. The van der Waals surface area contributed by atoms with Crippen molar-refractivity contribution in [3.8, 4) is 17.2 Å². The van der Waals surface area contributed by atoms with Crippen LogP contribution < -0.4 is 24.2 Å². The number of pyridine rings is 1. The maximum absolute atomic E-state index is 12.6. The van der Waals surface area contributed by atoms with Gasteiger partial charge in [-0.2, -0.15) is 0 Å². The van der Waals surface area contributed by atoms with Gasteiger partial charge in [-0.3, -0.25) is 4.72 Å². The molecule has 0 atom stereocenters. The zero-order chi connectivity index (χ0) is 19.6. The van der Waals surface area contributed by atoms with Gasteiger partial charge >= 0.3 is 0 Å². The highest BCUT2D eigenvalue weighted by molar-refractivity contribution is 7.92. The van der Waals surface area contributed by atoms with Crippen LogP contribution in [0.15, 0.2) is 65.7 Å². The van der Waals surface area contributed by atoms with E-state index in [1.54, 1.807) is 31.5 Å². The Hall–Kier alpha value is -3.46. The van der Waals surface area contributed by atoms with Gasteiger partial charge < -0.3 is 19.5 Å². The molecule has 0 amide bonds. The molecule has 8 nitrogen and oxygen atoms in total. The Labute approximate surface area is 162 Å². The van der Waals surface area contributed by atoms with Crippen molar-refractivity contribution >= 4 is 27.2 Å². The Bertz CT molecular complexity index is 1080. The first kappa shape index (κ1) is 17.9. The summed E-state index contributed by atoms with van der Waals surface area (Å²) in [6, 6.07) is 15.2. The lowest BCUT2D eigenvalue weighted by Crippen LogP contribution is -2.13. The summed E-state index contributed by atoms with van der Waals surface area (Å²) in [6.45, 7) is 0.0798. The largest absolute Gasteiger partial charge is 0.497 e. The Kier molecular flexibility index (Phi) is 4.66. The predicted molar refractivity (Wildman–Crippen MR) is 104 cm³/mol. The molecule has 28 heavy (non-hydrogen) atoms. The molecule has 0 unspecified atom stereocenters. The van der Waals surface area contributed by atoms with Gasteiger partial charge in [0.15, 0.2) is 11.5 Å².